The molecule has 0 amide bonds. The lowest BCUT2D eigenvalue weighted by Crippen LogP contribution is -2.18. The fourth-order valence-corrected chi connectivity index (χ4v) is 3.59. The van der Waals surface area contributed by atoms with E-state index >= 15 is 0 Å². The Morgan fingerprint density at radius 3 is 2.81 bits per heavy atom. The molecular formula is C21H21N5O5. The smallest absolute Gasteiger partial charge is 0.431 e. The molecule has 4 rings (SSSR count). The summed E-state index contributed by atoms with van der Waals surface area (Å²) in [4.78, 5) is 26.5. The predicted molar refractivity (Wildman–Crippen MR) is 111 cm³/mol. The molecule has 1 fully saturated rings. The topological polar surface area (TPSA) is 132 Å². The van der Waals surface area contributed by atoms with Gasteiger partial charge >= 0.3 is 6.16 Å². The lowest BCUT2D eigenvalue weighted by molar-refractivity contribution is -0.384. The van der Waals surface area contributed by atoms with Crippen molar-refractivity contribution in [2.24, 2.45) is 0 Å². The summed E-state index contributed by atoms with van der Waals surface area (Å²) in [6, 6.07) is 11.0. The number of nitrogens with zero attached hydrogens (tertiary/aromatic N) is 3. The Morgan fingerprint density at radius 1 is 1.26 bits per heavy atom. The van der Waals surface area contributed by atoms with Crippen molar-refractivity contribution < 1.29 is 19.2 Å². The minimum absolute atomic E-state index is 0.0774. The van der Waals surface area contributed by atoms with Gasteiger partial charge in [-0.05, 0) is 50.5 Å². The number of nitrogens with one attached hydrogen (secondary N) is 2. The number of rotatable bonds is 6. The number of hydrogen-bond acceptors (Lipinski definition) is 8. The molecular weight excluding hydrogens is 402 g/mol. The number of aromatic nitrogens is 3. The number of H-pyrrole nitrogens is 1. The maximum atomic E-state index is 12.1. The molecule has 1 aromatic carbocycles. The number of carbonyl (C=O) groups is 1. The number of nitro groups is 1. The monoisotopic (exact) mass is 423 g/mol. The second-order valence-electron chi connectivity index (χ2n) is 7.32. The largest absolute Gasteiger partial charge is 0.514 e. The van der Waals surface area contributed by atoms with Crippen LogP contribution in [0.25, 0.3) is 0 Å². The number of anilines is 2. The third-order valence-corrected chi connectivity index (χ3v) is 5.20. The zero-order chi connectivity index (χ0) is 21.8. The van der Waals surface area contributed by atoms with E-state index in [1.54, 1.807) is 6.20 Å². The van der Waals surface area contributed by atoms with Gasteiger partial charge in [0, 0.05) is 36.0 Å². The molecule has 0 saturated heterocycles. The molecule has 160 valence electrons. The van der Waals surface area contributed by atoms with Crippen LogP contribution >= 0.6 is 0 Å². The molecule has 0 radical (unpaired) electrons. The van der Waals surface area contributed by atoms with Crippen LogP contribution in [0, 0.1) is 17.0 Å². The van der Waals surface area contributed by atoms with Gasteiger partial charge in [0.25, 0.3) is 5.69 Å². The van der Waals surface area contributed by atoms with Gasteiger partial charge in [0.15, 0.2) is 5.82 Å². The summed E-state index contributed by atoms with van der Waals surface area (Å²) >= 11 is 0. The van der Waals surface area contributed by atoms with E-state index in [0.717, 1.165) is 23.5 Å². The lowest BCUT2D eigenvalue weighted by atomic mass is 10.0. The maximum absolute atomic E-state index is 12.1. The molecule has 10 heteroatoms. The molecule has 1 aliphatic carbocycles. The minimum Gasteiger partial charge on any atom is -0.431 e. The Hall–Kier alpha value is -3.95. The first-order valence-corrected chi connectivity index (χ1v) is 9.85. The van der Waals surface area contributed by atoms with E-state index in [9.17, 15) is 14.9 Å². The Kier molecular flexibility index (Phi) is 5.78. The molecule has 0 bridgehead atoms. The van der Waals surface area contributed by atoms with E-state index < -0.39 is 11.1 Å². The molecule has 10 nitrogen and oxygen atoms in total. The number of non-ortho nitro benzene ring substituents is 1. The van der Waals surface area contributed by atoms with Crippen molar-refractivity contribution in [2.45, 2.75) is 38.2 Å². The summed E-state index contributed by atoms with van der Waals surface area (Å²) < 4.78 is 10.5. The number of benzene rings is 1. The number of aromatic amines is 1. The van der Waals surface area contributed by atoms with Crippen LogP contribution < -0.4 is 10.1 Å². The van der Waals surface area contributed by atoms with Gasteiger partial charge in [0.1, 0.15) is 11.9 Å². The summed E-state index contributed by atoms with van der Waals surface area (Å²) in [6.45, 7) is 1.92. The molecule has 2 heterocycles. The summed E-state index contributed by atoms with van der Waals surface area (Å²) in [5.74, 6) is 1.09. The van der Waals surface area contributed by atoms with Gasteiger partial charge in [-0.2, -0.15) is 5.10 Å². The molecule has 2 N–H and O–H groups in total. The van der Waals surface area contributed by atoms with Gasteiger partial charge in [-0.1, -0.05) is 0 Å². The number of hydrogen-bond donors (Lipinski definition) is 2. The molecule has 3 aromatic rings. The number of nitro benzene ring substituents is 1. The van der Waals surface area contributed by atoms with Crippen LogP contribution in [-0.4, -0.2) is 32.4 Å². The SMILES string of the molecule is Cc1ncccc1Nc1cc([C@H]2CC[C@@H](OC(=O)Oc3ccc([N+](=O)[O-])cc3)C2)[nH]n1. The van der Waals surface area contributed by atoms with Crippen LogP contribution in [0.4, 0.5) is 22.0 Å². The highest BCUT2D eigenvalue weighted by Gasteiger charge is 2.30. The Bertz CT molecular complexity index is 1080. The maximum Gasteiger partial charge on any atom is 0.514 e. The van der Waals surface area contributed by atoms with Crippen LogP contribution in [-0.2, 0) is 4.74 Å². The van der Waals surface area contributed by atoms with Gasteiger partial charge in [0.05, 0.1) is 16.3 Å². The third kappa shape index (κ3) is 4.97. The fourth-order valence-electron chi connectivity index (χ4n) is 3.59. The number of pyridine rings is 1. The van der Waals surface area contributed by atoms with Crippen molar-refractivity contribution in [1.29, 1.82) is 0 Å². The van der Waals surface area contributed by atoms with Crippen LogP contribution in [0.1, 0.15) is 36.6 Å². The first kappa shape index (κ1) is 20.3. The van der Waals surface area contributed by atoms with Crippen LogP contribution in [0.15, 0.2) is 48.7 Å². The van der Waals surface area contributed by atoms with Gasteiger partial charge in [-0.25, -0.2) is 4.79 Å². The van der Waals surface area contributed by atoms with E-state index in [2.05, 4.69) is 20.5 Å². The van der Waals surface area contributed by atoms with E-state index in [0.29, 0.717) is 18.7 Å². The van der Waals surface area contributed by atoms with Crippen molar-refractivity contribution in [3.63, 3.8) is 0 Å². The lowest BCUT2D eigenvalue weighted by Gasteiger charge is -2.12. The van der Waals surface area contributed by atoms with Gasteiger partial charge in [0.2, 0.25) is 0 Å². The van der Waals surface area contributed by atoms with Gasteiger partial charge in [-0.3, -0.25) is 20.2 Å². The predicted octanol–water partition coefficient (Wildman–Crippen LogP) is 4.62. The first-order chi connectivity index (χ1) is 15.0. The van der Waals surface area contributed by atoms with Gasteiger partial charge < -0.3 is 14.8 Å². The van der Waals surface area contributed by atoms with Gasteiger partial charge in [-0.15, -0.1) is 0 Å². The van der Waals surface area contributed by atoms with Crippen molar-refractivity contribution in [2.75, 3.05) is 5.32 Å². The minimum atomic E-state index is -0.821. The quantitative estimate of drug-likeness (QED) is 0.254. The molecule has 2 aromatic heterocycles. The van der Waals surface area contributed by atoms with Crippen LogP contribution in [0.3, 0.4) is 0 Å². The second-order valence-corrected chi connectivity index (χ2v) is 7.32. The van der Waals surface area contributed by atoms with Crippen molar-refractivity contribution in [3.05, 3.63) is 70.2 Å². The van der Waals surface area contributed by atoms with E-state index in [1.165, 1.54) is 24.3 Å². The highest BCUT2D eigenvalue weighted by molar-refractivity contribution is 5.64. The van der Waals surface area contributed by atoms with Crippen molar-refractivity contribution in [1.82, 2.24) is 15.2 Å². The standard InChI is InChI=1S/C21H21N5O5/c1-13-18(3-2-10-22-13)23-20-12-19(24-25-20)14-4-7-17(11-14)31-21(27)30-16-8-5-15(6-9-16)26(28)29/h2-3,5-6,8-10,12,14,17H,4,7,11H2,1H3,(H2,23,24,25)/t14-,17+/m0/s1. The van der Waals surface area contributed by atoms with Crippen LogP contribution in [0.5, 0.6) is 5.75 Å². The summed E-state index contributed by atoms with van der Waals surface area (Å²) in [5.41, 5.74) is 2.67. The third-order valence-electron chi connectivity index (χ3n) is 5.20. The fraction of sp³-hybridized carbons (Fsp3) is 0.286. The summed E-state index contributed by atoms with van der Waals surface area (Å²) in [7, 11) is 0. The van der Waals surface area contributed by atoms with Crippen molar-refractivity contribution >= 4 is 23.3 Å². The molecule has 1 saturated carbocycles. The molecule has 0 unspecified atom stereocenters. The van der Waals surface area contributed by atoms with E-state index in [-0.39, 0.29) is 23.5 Å². The number of carbonyl (C=O) groups excluding carboxylic acids is 1. The average molecular weight is 423 g/mol. The highest BCUT2D eigenvalue weighted by atomic mass is 16.7. The van der Waals surface area contributed by atoms with E-state index in [1.807, 2.05) is 25.1 Å². The Labute approximate surface area is 177 Å². The number of aryl methyl sites for hydroxylation is 1. The van der Waals surface area contributed by atoms with E-state index in [4.69, 9.17) is 9.47 Å². The zero-order valence-corrected chi connectivity index (χ0v) is 16.8. The molecule has 2 atom stereocenters. The summed E-state index contributed by atoms with van der Waals surface area (Å²) in [5, 5.41) is 21.3. The van der Waals surface area contributed by atoms with Crippen molar-refractivity contribution in [3.8, 4) is 5.75 Å². The summed E-state index contributed by atoms with van der Waals surface area (Å²) in [6.07, 6.45) is 2.87. The first-order valence-electron chi connectivity index (χ1n) is 9.85. The second kappa shape index (κ2) is 8.82. The Balaban J connectivity index is 1.29. The molecule has 31 heavy (non-hydrogen) atoms. The van der Waals surface area contributed by atoms with Crippen LogP contribution in [0.2, 0.25) is 0 Å². The Morgan fingerprint density at radius 2 is 2.06 bits per heavy atom. The normalized spacial score (nSPS) is 17.8. The number of ether oxygens (including phenoxy) is 2. The zero-order valence-electron chi connectivity index (χ0n) is 16.8. The molecule has 0 spiro atoms. The molecule has 0 aliphatic heterocycles. The average Bonchev–Trinajstić information content (AvgIpc) is 3.39. The highest BCUT2D eigenvalue weighted by Crippen LogP contribution is 2.36. The molecule has 1 aliphatic rings.